The van der Waals surface area contributed by atoms with Crippen molar-refractivity contribution in [1.29, 1.82) is 0 Å². The second-order valence-electron chi connectivity index (χ2n) is 5.58. The van der Waals surface area contributed by atoms with Crippen molar-refractivity contribution in [2.45, 2.75) is 64.6 Å². The van der Waals surface area contributed by atoms with Crippen LogP contribution in [0, 0.1) is 5.92 Å². The van der Waals surface area contributed by atoms with Gasteiger partial charge >= 0.3 is 0 Å². The van der Waals surface area contributed by atoms with Crippen molar-refractivity contribution in [3.63, 3.8) is 0 Å². The fourth-order valence-corrected chi connectivity index (χ4v) is 2.96. The molecule has 0 aromatic rings. The lowest BCUT2D eigenvalue weighted by molar-refractivity contribution is 0.0207. The zero-order chi connectivity index (χ0) is 11.5. The molecule has 2 fully saturated rings. The average Bonchev–Trinajstić information content (AvgIpc) is 2.76. The zero-order valence-electron chi connectivity index (χ0n) is 10.9. The predicted molar refractivity (Wildman–Crippen MR) is 66.1 cm³/mol. The molecule has 3 heteroatoms. The molecule has 2 rings (SSSR count). The Morgan fingerprint density at radius 1 is 1.19 bits per heavy atom. The van der Waals surface area contributed by atoms with Gasteiger partial charge < -0.3 is 4.74 Å². The van der Waals surface area contributed by atoms with E-state index in [9.17, 15) is 0 Å². The molecule has 0 aliphatic carbocycles. The molecule has 2 aliphatic rings. The van der Waals surface area contributed by atoms with Gasteiger partial charge in [0.25, 0.3) is 0 Å². The predicted octanol–water partition coefficient (Wildman–Crippen LogP) is 2.18. The smallest absolute Gasteiger partial charge is 0.0510 e. The quantitative estimate of drug-likeness (QED) is 0.798. The highest BCUT2D eigenvalue weighted by Crippen LogP contribution is 2.23. The number of hydrogen-bond acceptors (Lipinski definition) is 3. The van der Waals surface area contributed by atoms with E-state index < -0.39 is 0 Å². The first-order chi connectivity index (χ1) is 7.68. The third-order valence-electron chi connectivity index (χ3n) is 4.22. The first-order valence-corrected chi connectivity index (χ1v) is 6.80. The van der Waals surface area contributed by atoms with Gasteiger partial charge in [0.15, 0.2) is 0 Å². The Balaban J connectivity index is 1.86. The third kappa shape index (κ3) is 2.76. The lowest BCUT2D eigenvalue weighted by Crippen LogP contribution is -2.56. The molecule has 0 saturated carbocycles. The number of piperidine rings is 1. The lowest BCUT2D eigenvalue weighted by Gasteiger charge is -2.41. The van der Waals surface area contributed by atoms with Crippen molar-refractivity contribution < 1.29 is 4.74 Å². The van der Waals surface area contributed by atoms with Crippen LogP contribution in [0.5, 0.6) is 0 Å². The van der Waals surface area contributed by atoms with Crippen molar-refractivity contribution in [2.75, 3.05) is 13.2 Å². The first kappa shape index (κ1) is 12.3. The van der Waals surface area contributed by atoms with Gasteiger partial charge in [-0.25, -0.2) is 5.01 Å². The maximum atomic E-state index is 5.46. The number of ether oxygens (including phenoxy) is 1. The second kappa shape index (κ2) is 5.48. The van der Waals surface area contributed by atoms with E-state index in [2.05, 4.69) is 31.2 Å². The number of nitrogens with zero attached hydrogens (tertiary/aromatic N) is 1. The SMILES string of the molecule is CC(NN1C(C)CCCC1C)C1CCOC1. The monoisotopic (exact) mass is 226 g/mol. The summed E-state index contributed by atoms with van der Waals surface area (Å²) in [5, 5.41) is 2.48. The Kier molecular flexibility index (Phi) is 4.22. The summed E-state index contributed by atoms with van der Waals surface area (Å²) in [6.45, 7) is 8.85. The van der Waals surface area contributed by atoms with Crippen molar-refractivity contribution in [3.05, 3.63) is 0 Å². The molecular weight excluding hydrogens is 200 g/mol. The molecule has 0 amide bonds. The molecule has 2 aliphatic heterocycles. The molecule has 0 bridgehead atoms. The molecule has 0 spiro atoms. The summed E-state index contributed by atoms with van der Waals surface area (Å²) >= 11 is 0. The minimum Gasteiger partial charge on any atom is -0.381 e. The Labute approximate surface area is 99.5 Å². The molecule has 94 valence electrons. The summed E-state index contributed by atoms with van der Waals surface area (Å²) in [4.78, 5) is 0. The zero-order valence-corrected chi connectivity index (χ0v) is 10.9. The molecule has 3 nitrogen and oxygen atoms in total. The van der Waals surface area contributed by atoms with E-state index in [0.717, 1.165) is 13.2 Å². The molecule has 2 saturated heterocycles. The minimum absolute atomic E-state index is 0.547. The fourth-order valence-electron chi connectivity index (χ4n) is 2.96. The van der Waals surface area contributed by atoms with E-state index in [4.69, 9.17) is 4.74 Å². The molecule has 0 aromatic heterocycles. The van der Waals surface area contributed by atoms with Gasteiger partial charge in [0, 0.05) is 30.7 Å². The van der Waals surface area contributed by atoms with Crippen LogP contribution in [0.1, 0.15) is 46.5 Å². The van der Waals surface area contributed by atoms with Gasteiger partial charge in [0.1, 0.15) is 0 Å². The summed E-state index contributed by atoms with van der Waals surface area (Å²) in [6, 6.07) is 1.90. The van der Waals surface area contributed by atoms with E-state index in [0.29, 0.717) is 24.0 Å². The molecule has 0 aromatic carbocycles. The third-order valence-corrected chi connectivity index (χ3v) is 4.22. The molecule has 4 atom stereocenters. The van der Waals surface area contributed by atoms with E-state index >= 15 is 0 Å². The molecule has 2 heterocycles. The average molecular weight is 226 g/mol. The van der Waals surface area contributed by atoms with Gasteiger partial charge in [0.2, 0.25) is 0 Å². The number of rotatable bonds is 3. The van der Waals surface area contributed by atoms with Gasteiger partial charge in [-0.15, -0.1) is 0 Å². The first-order valence-electron chi connectivity index (χ1n) is 6.80. The summed E-state index contributed by atoms with van der Waals surface area (Å²) in [5.74, 6) is 0.696. The van der Waals surface area contributed by atoms with E-state index in [1.165, 1.54) is 25.7 Å². The van der Waals surface area contributed by atoms with Crippen molar-refractivity contribution >= 4 is 0 Å². The summed E-state index contributed by atoms with van der Waals surface area (Å²) < 4.78 is 5.46. The summed E-state index contributed by atoms with van der Waals surface area (Å²) in [5.41, 5.74) is 3.71. The van der Waals surface area contributed by atoms with Crippen LogP contribution in [0.2, 0.25) is 0 Å². The van der Waals surface area contributed by atoms with Crippen molar-refractivity contribution in [3.8, 4) is 0 Å². The van der Waals surface area contributed by atoms with E-state index in [1.54, 1.807) is 0 Å². The molecule has 4 unspecified atom stereocenters. The van der Waals surface area contributed by atoms with Gasteiger partial charge in [-0.3, -0.25) is 5.43 Å². The molecular formula is C13H26N2O. The van der Waals surface area contributed by atoms with Gasteiger partial charge in [-0.2, -0.15) is 0 Å². The highest BCUT2D eigenvalue weighted by Gasteiger charge is 2.29. The fraction of sp³-hybridized carbons (Fsp3) is 1.00. The Morgan fingerprint density at radius 3 is 2.44 bits per heavy atom. The van der Waals surface area contributed by atoms with Gasteiger partial charge in [-0.1, -0.05) is 6.42 Å². The Morgan fingerprint density at radius 2 is 1.88 bits per heavy atom. The largest absolute Gasteiger partial charge is 0.381 e. The van der Waals surface area contributed by atoms with E-state index in [-0.39, 0.29) is 0 Å². The van der Waals surface area contributed by atoms with Crippen LogP contribution in [0.4, 0.5) is 0 Å². The number of nitrogens with one attached hydrogen (secondary N) is 1. The maximum absolute atomic E-state index is 5.46. The van der Waals surface area contributed by atoms with Crippen molar-refractivity contribution in [1.82, 2.24) is 10.4 Å². The van der Waals surface area contributed by atoms with Crippen LogP contribution in [-0.4, -0.2) is 36.3 Å². The number of hydrogen-bond donors (Lipinski definition) is 1. The van der Waals surface area contributed by atoms with Crippen LogP contribution in [0.15, 0.2) is 0 Å². The Bertz CT molecular complexity index is 206. The molecule has 16 heavy (non-hydrogen) atoms. The maximum Gasteiger partial charge on any atom is 0.0510 e. The standard InChI is InChI=1S/C13H26N2O/c1-10-5-4-6-11(2)15(10)14-12(3)13-7-8-16-9-13/h10-14H,4-9H2,1-3H3. The summed E-state index contributed by atoms with van der Waals surface area (Å²) in [7, 11) is 0. The molecule has 0 radical (unpaired) electrons. The second-order valence-corrected chi connectivity index (χ2v) is 5.58. The van der Waals surface area contributed by atoms with Crippen molar-refractivity contribution in [2.24, 2.45) is 5.92 Å². The van der Waals surface area contributed by atoms with Crippen LogP contribution < -0.4 is 5.43 Å². The minimum atomic E-state index is 0.547. The van der Waals surface area contributed by atoms with Gasteiger partial charge in [-0.05, 0) is 40.0 Å². The summed E-state index contributed by atoms with van der Waals surface area (Å²) in [6.07, 6.45) is 5.24. The molecule has 1 N–H and O–H groups in total. The highest BCUT2D eigenvalue weighted by molar-refractivity contribution is 4.81. The van der Waals surface area contributed by atoms with E-state index in [1.807, 2.05) is 0 Å². The van der Waals surface area contributed by atoms with Crippen LogP contribution >= 0.6 is 0 Å². The normalized spacial score (nSPS) is 38.8. The highest BCUT2D eigenvalue weighted by atomic mass is 16.5. The van der Waals surface area contributed by atoms with Crippen LogP contribution in [0.25, 0.3) is 0 Å². The Hall–Kier alpha value is -0.120. The van der Waals surface area contributed by atoms with Gasteiger partial charge in [0.05, 0.1) is 6.61 Å². The van der Waals surface area contributed by atoms with Crippen LogP contribution in [-0.2, 0) is 4.74 Å². The topological polar surface area (TPSA) is 24.5 Å². The van der Waals surface area contributed by atoms with Crippen LogP contribution in [0.3, 0.4) is 0 Å². The number of hydrazine groups is 1. The lowest BCUT2D eigenvalue weighted by atomic mass is 9.98.